The van der Waals surface area contributed by atoms with Gasteiger partial charge in [-0.15, -0.1) is 0 Å². The minimum atomic E-state index is -3.72. The first-order valence-corrected chi connectivity index (χ1v) is 10.3. The van der Waals surface area contributed by atoms with Gasteiger partial charge in [-0.05, 0) is 42.3 Å². The predicted molar refractivity (Wildman–Crippen MR) is 100 cm³/mol. The highest BCUT2D eigenvalue weighted by Crippen LogP contribution is 2.18. The number of carbonyl (C=O) groups is 1. The molecule has 0 aliphatic carbocycles. The van der Waals surface area contributed by atoms with Gasteiger partial charge >= 0.3 is 6.03 Å². The van der Waals surface area contributed by atoms with Gasteiger partial charge in [0.1, 0.15) is 11.6 Å². The van der Waals surface area contributed by atoms with Gasteiger partial charge in [0.15, 0.2) is 0 Å². The molecule has 0 atom stereocenters. The van der Waals surface area contributed by atoms with E-state index in [9.17, 15) is 22.0 Å². The molecule has 1 aliphatic heterocycles. The average Bonchev–Trinajstić information content (AvgIpc) is 2.70. The van der Waals surface area contributed by atoms with Crippen LogP contribution in [0.1, 0.15) is 5.56 Å². The van der Waals surface area contributed by atoms with E-state index in [1.165, 1.54) is 27.4 Å². The molecule has 0 saturated carbocycles. The first-order valence-electron chi connectivity index (χ1n) is 8.90. The van der Waals surface area contributed by atoms with E-state index in [0.717, 1.165) is 12.1 Å². The van der Waals surface area contributed by atoms with E-state index in [4.69, 9.17) is 0 Å². The van der Waals surface area contributed by atoms with Crippen LogP contribution < -0.4 is 5.32 Å². The Morgan fingerprint density at radius 2 is 1.61 bits per heavy atom. The minimum Gasteiger partial charge on any atom is -0.338 e. The number of sulfonamides is 1. The third-order valence-corrected chi connectivity index (χ3v) is 6.52. The number of piperazine rings is 1. The lowest BCUT2D eigenvalue weighted by Gasteiger charge is -2.34. The third kappa shape index (κ3) is 4.66. The number of rotatable bonds is 5. The van der Waals surface area contributed by atoms with Crippen LogP contribution in [0, 0.1) is 11.6 Å². The molecular weight excluding hydrogens is 388 g/mol. The maximum absolute atomic E-state index is 13.6. The van der Waals surface area contributed by atoms with Crippen LogP contribution in [-0.4, -0.2) is 56.4 Å². The van der Waals surface area contributed by atoms with Crippen LogP contribution >= 0.6 is 0 Å². The van der Waals surface area contributed by atoms with Gasteiger partial charge in [-0.25, -0.2) is 22.0 Å². The Kier molecular flexibility index (Phi) is 6.25. The number of halogens is 2. The molecule has 0 unspecified atom stereocenters. The van der Waals surface area contributed by atoms with Gasteiger partial charge in [0.25, 0.3) is 0 Å². The Hall–Kier alpha value is -2.52. The van der Waals surface area contributed by atoms with Crippen molar-refractivity contribution in [3.05, 3.63) is 65.7 Å². The summed E-state index contributed by atoms with van der Waals surface area (Å²) in [6.45, 7) is 1.08. The topological polar surface area (TPSA) is 69.7 Å². The molecule has 150 valence electrons. The monoisotopic (exact) mass is 409 g/mol. The highest BCUT2D eigenvalue weighted by atomic mass is 32.2. The molecule has 2 aromatic rings. The molecule has 0 bridgehead atoms. The summed E-state index contributed by atoms with van der Waals surface area (Å²) >= 11 is 0. The van der Waals surface area contributed by atoms with Crippen molar-refractivity contribution < 1.29 is 22.0 Å². The summed E-state index contributed by atoms with van der Waals surface area (Å²) in [5.74, 6) is -0.813. The van der Waals surface area contributed by atoms with E-state index in [1.807, 2.05) is 0 Å². The molecule has 0 radical (unpaired) electrons. The van der Waals surface area contributed by atoms with Crippen LogP contribution in [0.2, 0.25) is 0 Å². The fourth-order valence-electron chi connectivity index (χ4n) is 3.00. The summed E-state index contributed by atoms with van der Waals surface area (Å²) in [6, 6.07) is 10.7. The molecule has 2 amide bonds. The van der Waals surface area contributed by atoms with Crippen molar-refractivity contribution in [3.8, 4) is 0 Å². The maximum Gasteiger partial charge on any atom is 0.317 e. The average molecular weight is 409 g/mol. The zero-order valence-electron chi connectivity index (χ0n) is 15.1. The van der Waals surface area contributed by atoms with Crippen LogP contribution in [-0.2, 0) is 16.4 Å². The van der Waals surface area contributed by atoms with Gasteiger partial charge in [0.05, 0.1) is 4.90 Å². The quantitative estimate of drug-likeness (QED) is 0.823. The highest BCUT2D eigenvalue weighted by Gasteiger charge is 2.30. The molecule has 1 aliphatic rings. The molecule has 3 rings (SSSR count). The molecule has 1 saturated heterocycles. The summed E-state index contributed by atoms with van der Waals surface area (Å²) < 4.78 is 53.0. The molecule has 1 N–H and O–H groups in total. The van der Waals surface area contributed by atoms with E-state index >= 15 is 0 Å². The predicted octanol–water partition coefficient (Wildman–Crippen LogP) is 2.22. The fraction of sp³-hybridized carbons (Fsp3) is 0.316. The molecule has 1 heterocycles. The number of benzene rings is 2. The van der Waals surface area contributed by atoms with E-state index < -0.39 is 15.8 Å². The van der Waals surface area contributed by atoms with E-state index in [1.54, 1.807) is 18.2 Å². The number of hydrogen-bond acceptors (Lipinski definition) is 3. The van der Waals surface area contributed by atoms with Crippen molar-refractivity contribution in [3.63, 3.8) is 0 Å². The van der Waals surface area contributed by atoms with Crippen molar-refractivity contribution in [2.75, 3.05) is 32.7 Å². The lowest BCUT2D eigenvalue weighted by molar-refractivity contribution is 0.172. The molecule has 6 nitrogen and oxygen atoms in total. The molecule has 1 fully saturated rings. The number of nitrogens with one attached hydrogen (secondary N) is 1. The van der Waals surface area contributed by atoms with Crippen molar-refractivity contribution >= 4 is 16.1 Å². The normalized spacial score (nSPS) is 15.4. The van der Waals surface area contributed by atoms with Crippen LogP contribution in [0.15, 0.2) is 53.4 Å². The fourth-order valence-corrected chi connectivity index (χ4v) is 4.43. The summed E-state index contributed by atoms with van der Waals surface area (Å²) in [4.78, 5) is 13.8. The second-order valence-electron chi connectivity index (χ2n) is 6.42. The summed E-state index contributed by atoms with van der Waals surface area (Å²) in [7, 11) is -3.72. The zero-order chi connectivity index (χ0) is 20.1. The van der Waals surface area contributed by atoms with Gasteiger partial charge < -0.3 is 10.2 Å². The van der Waals surface area contributed by atoms with Crippen LogP contribution in [0.4, 0.5) is 13.6 Å². The number of nitrogens with zero attached hydrogens (tertiary/aromatic N) is 2. The summed E-state index contributed by atoms with van der Waals surface area (Å²) in [5.41, 5.74) is 0.526. The molecule has 0 aromatic heterocycles. The molecule has 28 heavy (non-hydrogen) atoms. The van der Waals surface area contributed by atoms with Crippen molar-refractivity contribution in [1.82, 2.24) is 14.5 Å². The second kappa shape index (κ2) is 8.66. The Balaban J connectivity index is 1.50. The number of carbonyl (C=O) groups excluding carboxylic acids is 1. The van der Waals surface area contributed by atoms with Crippen LogP contribution in [0.5, 0.6) is 0 Å². The van der Waals surface area contributed by atoms with Gasteiger partial charge in [0, 0.05) is 32.7 Å². The standard InChI is InChI=1S/C19H21F2N3O3S/c20-16-5-7-17(8-6-16)28(26,27)24-13-11-23(12-14-24)19(25)22-10-9-15-3-1-2-4-18(15)21/h1-8H,9-14H2,(H,22,25). The largest absolute Gasteiger partial charge is 0.338 e. The lowest BCUT2D eigenvalue weighted by atomic mass is 10.1. The summed E-state index contributed by atoms with van der Waals surface area (Å²) in [5, 5.41) is 2.73. The van der Waals surface area contributed by atoms with Gasteiger partial charge in [0.2, 0.25) is 10.0 Å². The first-order chi connectivity index (χ1) is 13.4. The van der Waals surface area contributed by atoms with Crippen molar-refractivity contribution in [1.29, 1.82) is 0 Å². The smallest absolute Gasteiger partial charge is 0.317 e. The Morgan fingerprint density at radius 3 is 2.25 bits per heavy atom. The molecule has 2 aromatic carbocycles. The molecular formula is C19H21F2N3O3S. The number of urea groups is 1. The maximum atomic E-state index is 13.6. The van der Waals surface area contributed by atoms with Gasteiger partial charge in [-0.1, -0.05) is 18.2 Å². The summed E-state index contributed by atoms with van der Waals surface area (Å²) in [6.07, 6.45) is 0.372. The number of hydrogen-bond donors (Lipinski definition) is 1. The lowest BCUT2D eigenvalue weighted by Crippen LogP contribution is -2.53. The van der Waals surface area contributed by atoms with Crippen molar-refractivity contribution in [2.24, 2.45) is 0 Å². The van der Waals surface area contributed by atoms with E-state index in [0.29, 0.717) is 12.0 Å². The van der Waals surface area contributed by atoms with Gasteiger partial charge in [-0.2, -0.15) is 4.31 Å². The zero-order valence-corrected chi connectivity index (χ0v) is 16.0. The van der Waals surface area contributed by atoms with Crippen LogP contribution in [0.3, 0.4) is 0 Å². The Bertz CT molecular complexity index is 928. The SMILES string of the molecule is O=C(NCCc1ccccc1F)N1CCN(S(=O)(=O)c2ccc(F)cc2)CC1. The minimum absolute atomic E-state index is 0.0247. The third-order valence-electron chi connectivity index (χ3n) is 4.61. The Labute approximate surface area is 162 Å². The van der Waals surface area contributed by atoms with E-state index in [2.05, 4.69) is 5.32 Å². The van der Waals surface area contributed by atoms with Crippen molar-refractivity contribution in [2.45, 2.75) is 11.3 Å². The van der Waals surface area contributed by atoms with E-state index in [-0.39, 0.29) is 49.5 Å². The number of amides is 2. The van der Waals surface area contributed by atoms with Crippen LogP contribution in [0.25, 0.3) is 0 Å². The van der Waals surface area contributed by atoms with Gasteiger partial charge in [-0.3, -0.25) is 0 Å². The molecule has 0 spiro atoms. The highest BCUT2D eigenvalue weighted by molar-refractivity contribution is 7.89. The Morgan fingerprint density at radius 1 is 0.964 bits per heavy atom. The first kappa shape index (κ1) is 20.2. The molecule has 9 heteroatoms. The second-order valence-corrected chi connectivity index (χ2v) is 8.36.